The topological polar surface area (TPSA) is 24.5 Å². The van der Waals surface area contributed by atoms with Crippen molar-refractivity contribution < 1.29 is 4.74 Å². The van der Waals surface area contributed by atoms with Crippen molar-refractivity contribution in [1.29, 1.82) is 0 Å². The van der Waals surface area contributed by atoms with Crippen LogP contribution in [0, 0.1) is 0 Å². The average molecular weight is 307 g/mol. The molecule has 114 valence electrons. The maximum Gasteiger partial charge on any atom is 0.123 e. The second kappa shape index (κ2) is 5.79. The van der Waals surface area contributed by atoms with E-state index in [0.29, 0.717) is 12.1 Å². The van der Waals surface area contributed by atoms with Crippen molar-refractivity contribution in [3.63, 3.8) is 0 Å². The minimum absolute atomic E-state index is 0.292. The number of rotatable bonds is 5. The Morgan fingerprint density at radius 1 is 1.24 bits per heavy atom. The van der Waals surface area contributed by atoms with Crippen LogP contribution in [-0.2, 0) is 6.42 Å². The van der Waals surface area contributed by atoms with Gasteiger partial charge < -0.3 is 10.1 Å². The number of hydrogen-bond acceptors (Lipinski definition) is 3. The van der Waals surface area contributed by atoms with E-state index in [-0.39, 0.29) is 0 Å². The van der Waals surface area contributed by atoms with Crippen LogP contribution in [-0.4, -0.2) is 42.7 Å². The molecule has 1 N–H and O–H groups in total. The Morgan fingerprint density at radius 3 is 2.90 bits per heavy atom. The summed E-state index contributed by atoms with van der Waals surface area (Å²) < 4.78 is 6.11. The summed E-state index contributed by atoms with van der Waals surface area (Å²) in [5.41, 5.74) is 1.27. The molecule has 1 aliphatic carbocycles. The van der Waals surface area contributed by atoms with Gasteiger partial charge in [-0.1, -0.05) is 11.6 Å². The fourth-order valence-electron chi connectivity index (χ4n) is 3.66. The first-order chi connectivity index (χ1) is 10.3. The second-order valence-corrected chi connectivity index (χ2v) is 7.11. The lowest BCUT2D eigenvalue weighted by Crippen LogP contribution is -2.43. The molecule has 4 rings (SSSR count). The zero-order valence-electron chi connectivity index (χ0n) is 12.4. The molecule has 0 bridgehead atoms. The van der Waals surface area contributed by atoms with E-state index in [2.05, 4.69) is 16.3 Å². The molecule has 0 aromatic heterocycles. The average Bonchev–Trinajstić information content (AvgIpc) is 3.04. The SMILES string of the molecule is Clc1ccc2c(c1)CC(CN(CC1CCCN1)C1CC1)O2. The molecule has 2 unspecified atom stereocenters. The van der Waals surface area contributed by atoms with E-state index in [0.717, 1.165) is 29.8 Å². The van der Waals surface area contributed by atoms with Gasteiger partial charge in [-0.05, 0) is 56.0 Å². The van der Waals surface area contributed by atoms with E-state index in [1.807, 2.05) is 12.1 Å². The maximum absolute atomic E-state index is 6.11. The molecular formula is C17H23ClN2O. The fourth-order valence-corrected chi connectivity index (χ4v) is 3.86. The van der Waals surface area contributed by atoms with Gasteiger partial charge in [0, 0.05) is 36.6 Å². The molecule has 0 radical (unpaired) electrons. The molecule has 1 saturated carbocycles. The van der Waals surface area contributed by atoms with Gasteiger partial charge in [-0.3, -0.25) is 4.90 Å². The van der Waals surface area contributed by atoms with Gasteiger partial charge in [0.05, 0.1) is 0 Å². The Kier molecular flexibility index (Phi) is 3.82. The Bertz CT molecular complexity index is 512. The van der Waals surface area contributed by atoms with Crippen LogP contribution in [0.4, 0.5) is 0 Å². The molecule has 2 atom stereocenters. The monoisotopic (exact) mass is 306 g/mol. The number of hydrogen-bond donors (Lipinski definition) is 1. The smallest absolute Gasteiger partial charge is 0.123 e. The largest absolute Gasteiger partial charge is 0.488 e. The van der Waals surface area contributed by atoms with Gasteiger partial charge in [0.15, 0.2) is 0 Å². The van der Waals surface area contributed by atoms with E-state index in [1.54, 1.807) is 0 Å². The molecule has 1 saturated heterocycles. The molecule has 2 heterocycles. The molecule has 4 heteroatoms. The maximum atomic E-state index is 6.11. The fraction of sp³-hybridized carbons (Fsp3) is 0.647. The van der Waals surface area contributed by atoms with Crippen LogP contribution >= 0.6 is 11.6 Å². The highest BCUT2D eigenvalue weighted by atomic mass is 35.5. The third-order valence-electron chi connectivity index (χ3n) is 4.88. The predicted molar refractivity (Wildman–Crippen MR) is 85.2 cm³/mol. The standard InChI is InChI=1S/C17H23ClN2O/c18-13-3-6-17-12(8-13)9-16(21-17)11-20(15-4-5-15)10-14-2-1-7-19-14/h3,6,8,14-16,19H,1-2,4-5,7,9-11H2. The van der Waals surface area contributed by atoms with Crippen molar-refractivity contribution in [2.24, 2.45) is 0 Å². The van der Waals surface area contributed by atoms with Crippen molar-refractivity contribution >= 4 is 11.6 Å². The molecule has 2 fully saturated rings. The number of nitrogens with zero attached hydrogens (tertiary/aromatic N) is 1. The van der Waals surface area contributed by atoms with Crippen molar-refractivity contribution in [3.05, 3.63) is 28.8 Å². The number of nitrogens with one attached hydrogen (secondary N) is 1. The molecule has 3 aliphatic rings. The van der Waals surface area contributed by atoms with E-state index in [1.165, 1.54) is 44.3 Å². The number of fused-ring (bicyclic) bond motifs is 1. The summed E-state index contributed by atoms with van der Waals surface area (Å²) in [4.78, 5) is 2.65. The van der Waals surface area contributed by atoms with Crippen LogP contribution in [0.5, 0.6) is 5.75 Å². The summed E-state index contributed by atoms with van der Waals surface area (Å²) >= 11 is 6.08. The molecule has 0 amide bonds. The first-order valence-corrected chi connectivity index (χ1v) is 8.58. The van der Waals surface area contributed by atoms with Crippen LogP contribution in [0.3, 0.4) is 0 Å². The van der Waals surface area contributed by atoms with Gasteiger partial charge in [0.25, 0.3) is 0 Å². The van der Waals surface area contributed by atoms with E-state index in [9.17, 15) is 0 Å². The lowest BCUT2D eigenvalue weighted by molar-refractivity contribution is 0.137. The Hall–Kier alpha value is -0.770. The number of ether oxygens (including phenoxy) is 1. The highest BCUT2D eigenvalue weighted by molar-refractivity contribution is 6.30. The first-order valence-electron chi connectivity index (χ1n) is 8.20. The van der Waals surface area contributed by atoms with E-state index < -0.39 is 0 Å². The summed E-state index contributed by atoms with van der Waals surface area (Å²) in [7, 11) is 0. The Morgan fingerprint density at radius 2 is 2.14 bits per heavy atom. The predicted octanol–water partition coefficient (Wildman–Crippen LogP) is 2.86. The van der Waals surface area contributed by atoms with Crippen LogP contribution in [0.15, 0.2) is 18.2 Å². The number of benzene rings is 1. The lowest BCUT2D eigenvalue weighted by Gasteiger charge is -2.27. The lowest BCUT2D eigenvalue weighted by atomic mass is 10.1. The first kappa shape index (κ1) is 13.9. The van der Waals surface area contributed by atoms with Gasteiger partial charge in [0.2, 0.25) is 0 Å². The molecular weight excluding hydrogens is 284 g/mol. The van der Waals surface area contributed by atoms with Gasteiger partial charge in [-0.2, -0.15) is 0 Å². The normalized spacial score (nSPS) is 27.9. The summed E-state index contributed by atoms with van der Waals surface area (Å²) in [6, 6.07) is 7.46. The minimum atomic E-state index is 0.292. The molecule has 0 spiro atoms. The highest BCUT2D eigenvalue weighted by Crippen LogP contribution is 2.33. The summed E-state index contributed by atoms with van der Waals surface area (Å²) in [6.07, 6.45) is 6.66. The van der Waals surface area contributed by atoms with Crippen LogP contribution in [0.25, 0.3) is 0 Å². The summed E-state index contributed by atoms with van der Waals surface area (Å²) in [5.74, 6) is 1.03. The van der Waals surface area contributed by atoms with Crippen LogP contribution in [0.1, 0.15) is 31.2 Å². The zero-order chi connectivity index (χ0) is 14.2. The quantitative estimate of drug-likeness (QED) is 0.905. The van der Waals surface area contributed by atoms with Crippen molar-refractivity contribution in [3.8, 4) is 5.75 Å². The molecule has 1 aromatic carbocycles. The van der Waals surface area contributed by atoms with E-state index in [4.69, 9.17) is 16.3 Å². The molecule has 3 nitrogen and oxygen atoms in total. The van der Waals surface area contributed by atoms with E-state index >= 15 is 0 Å². The van der Waals surface area contributed by atoms with Crippen molar-refractivity contribution in [1.82, 2.24) is 10.2 Å². The highest BCUT2D eigenvalue weighted by Gasteiger charge is 2.34. The third-order valence-corrected chi connectivity index (χ3v) is 5.12. The Balaban J connectivity index is 1.38. The van der Waals surface area contributed by atoms with Gasteiger partial charge in [-0.25, -0.2) is 0 Å². The second-order valence-electron chi connectivity index (χ2n) is 6.67. The molecule has 21 heavy (non-hydrogen) atoms. The van der Waals surface area contributed by atoms with Gasteiger partial charge in [0.1, 0.15) is 11.9 Å². The summed E-state index contributed by atoms with van der Waals surface area (Å²) in [5, 5.41) is 4.43. The van der Waals surface area contributed by atoms with Crippen LogP contribution in [0.2, 0.25) is 5.02 Å². The Labute approximate surface area is 131 Å². The van der Waals surface area contributed by atoms with Gasteiger partial charge in [-0.15, -0.1) is 0 Å². The minimum Gasteiger partial charge on any atom is -0.488 e. The summed E-state index contributed by atoms with van der Waals surface area (Å²) in [6.45, 7) is 3.42. The van der Waals surface area contributed by atoms with Crippen molar-refractivity contribution in [2.75, 3.05) is 19.6 Å². The molecule has 2 aliphatic heterocycles. The molecule has 1 aromatic rings. The van der Waals surface area contributed by atoms with Crippen molar-refractivity contribution in [2.45, 2.75) is 50.3 Å². The zero-order valence-corrected chi connectivity index (χ0v) is 13.1. The van der Waals surface area contributed by atoms with Crippen LogP contribution < -0.4 is 10.1 Å². The van der Waals surface area contributed by atoms with Gasteiger partial charge >= 0.3 is 0 Å². The third kappa shape index (κ3) is 3.20. The number of halogens is 1.